The summed E-state index contributed by atoms with van der Waals surface area (Å²) in [6.07, 6.45) is 2.25. The van der Waals surface area contributed by atoms with Crippen LogP contribution in [0.25, 0.3) is 11.4 Å². The summed E-state index contributed by atoms with van der Waals surface area (Å²) in [5.41, 5.74) is 4.60. The van der Waals surface area contributed by atoms with Crippen molar-refractivity contribution in [1.29, 1.82) is 0 Å². The molecule has 27 heavy (non-hydrogen) atoms. The lowest BCUT2D eigenvalue weighted by Gasteiger charge is -2.25. The molecule has 1 N–H and O–H groups in total. The average molecular weight is 371 g/mol. The predicted molar refractivity (Wildman–Crippen MR) is 114 cm³/mol. The molecular formula is C22H34N4O. The molecule has 0 saturated heterocycles. The fourth-order valence-corrected chi connectivity index (χ4v) is 2.62. The zero-order valence-corrected chi connectivity index (χ0v) is 17.9. The molecule has 0 bridgehead atoms. The first-order chi connectivity index (χ1) is 12.8. The van der Waals surface area contributed by atoms with Crippen molar-refractivity contribution < 1.29 is 4.79 Å². The zero-order valence-electron chi connectivity index (χ0n) is 17.9. The minimum atomic E-state index is 0.00463. The van der Waals surface area contributed by atoms with E-state index in [4.69, 9.17) is 9.97 Å². The molecule has 148 valence electrons. The predicted octanol–water partition coefficient (Wildman–Crippen LogP) is 4.45. The van der Waals surface area contributed by atoms with Gasteiger partial charge in [-0.1, -0.05) is 43.7 Å². The fraction of sp³-hybridized carbons (Fsp3) is 0.500. The summed E-state index contributed by atoms with van der Waals surface area (Å²) in [6, 6.07) is 8.44. The molecule has 0 aliphatic heterocycles. The van der Waals surface area contributed by atoms with Gasteiger partial charge in [0.1, 0.15) is 5.82 Å². The highest BCUT2D eigenvalue weighted by molar-refractivity contribution is 5.72. The van der Waals surface area contributed by atoms with Crippen LogP contribution in [0.2, 0.25) is 0 Å². The number of hydrogen-bond acceptors (Lipinski definition) is 4. The summed E-state index contributed by atoms with van der Waals surface area (Å²) >= 11 is 0. The van der Waals surface area contributed by atoms with Crippen molar-refractivity contribution in [3.63, 3.8) is 0 Å². The Labute approximate surface area is 164 Å². The molecule has 0 unspecified atom stereocenters. The van der Waals surface area contributed by atoms with Crippen molar-refractivity contribution in [2.45, 2.75) is 54.4 Å². The maximum atomic E-state index is 9.70. The molecule has 5 nitrogen and oxygen atoms in total. The molecule has 1 aromatic heterocycles. The first-order valence-electron chi connectivity index (χ1n) is 9.69. The van der Waals surface area contributed by atoms with Crippen LogP contribution >= 0.6 is 0 Å². The highest BCUT2D eigenvalue weighted by atomic mass is 16.1. The van der Waals surface area contributed by atoms with Crippen LogP contribution in [0.4, 0.5) is 5.82 Å². The average Bonchev–Trinajstić information content (AvgIpc) is 2.65. The Hall–Kier alpha value is -2.43. The van der Waals surface area contributed by atoms with Crippen LogP contribution in [0.3, 0.4) is 0 Å². The first-order valence-corrected chi connectivity index (χ1v) is 9.69. The molecule has 2 rings (SSSR count). The Balaban J connectivity index is 0.000000646. The number of benzene rings is 1. The number of aromatic nitrogens is 2. The maximum Gasteiger partial charge on any atom is 0.216 e. The van der Waals surface area contributed by atoms with Gasteiger partial charge in [0.05, 0.1) is 0 Å². The van der Waals surface area contributed by atoms with E-state index in [1.165, 1.54) is 18.1 Å². The molecule has 0 saturated carbocycles. The van der Waals surface area contributed by atoms with Gasteiger partial charge < -0.3 is 10.2 Å². The Kier molecular flexibility index (Phi) is 9.48. The van der Waals surface area contributed by atoms with Crippen LogP contribution in [0, 0.1) is 20.8 Å². The van der Waals surface area contributed by atoms with Gasteiger partial charge in [0.15, 0.2) is 5.82 Å². The molecule has 5 heteroatoms. The molecule has 0 fully saturated rings. The summed E-state index contributed by atoms with van der Waals surface area (Å²) in [6.45, 7) is 14.3. The van der Waals surface area contributed by atoms with E-state index in [2.05, 4.69) is 69.1 Å². The van der Waals surface area contributed by atoms with Crippen LogP contribution in [0.5, 0.6) is 0 Å². The number of nitrogens with zero attached hydrogens (tertiary/aromatic N) is 3. The van der Waals surface area contributed by atoms with E-state index >= 15 is 0 Å². The van der Waals surface area contributed by atoms with Crippen molar-refractivity contribution in [2.24, 2.45) is 0 Å². The largest absolute Gasteiger partial charge is 0.359 e. The monoisotopic (exact) mass is 370 g/mol. The number of hydrogen-bond donors (Lipinski definition) is 1. The number of aryl methyl sites for hydroxylation is 2. The van der Waals surface area contributed by atoms with Crippen LogP contribution in [0.1, 0.15) is 50.4 Å². The minimum Gasteiger partial charge on any atom is -0.359 e. The molecule has 0 aliphatic carbocycles. The van der Waals surface area contributed by atoms with E-state index in [0.29, 0.717) is 0 Å². The summed E-state index contributed by atoms with van der Waals surface area (Å²) in [5, 5.41) is 2.39. The van der Waals surface area contributed by atoms with Crippen molar-refractivity contribution in [3.8, 4) is 11.4 Å². The van der Waals surface area contributed by atoms with Crippen molar-refractivity contribution >= 4 is 11.7 Å². The number of carbonyl (C=O) groups is 1. The Morgan fingerprint density at radius 2 is 1.52 bits per heavy atom. The molecule has 0 aliphatic rings. The molecule has 0 spiro atoms. The van der Waals surface area contributed by atoms with E-state index in [0.717, 1.165) is 48.8 Å². The van der Waals surface area contributed by atoms with Gasteiger partial charge in [0.25, 0.3) is 0 Å². The van der Waals surface area contributed by atoms with Crippen LogP contribution < -0.4 is 10.2 Å². The second-order valence-electron chi connectivity index (χ2n) is 6.74. The van der Waals surface area contributed by atoms with Crippen LogP contribution in [0.15, 0.2) is 24.3 Å². The zero-order chi connectivity index (χ0) is 20.4. The van der Waals surface area contributed by atoms with E-state index in [1.807, 2.05) is 0 Å². The van der Waals surface area contributed by atoms with Gasteiger partial charge in [-0.25, -0.2) is 9.97 Å². The lowest BCUT2D eigenvalue weighted by Crippen LogP contribution is -2.27. The lowest BCUT2D eigenvalue weighted by molar-refractivity contribution is -0.118. The highest BCUT2D eigenvalue weighted by Crippen LogP contribution is 2.25. The van der Waals surface area contributed by atoms with Gasteiger partial charge >= 0.3 is 0 Å². The van der Waals surface area contributed by atoms with E-state index in [-0.39, 0.29) is 5.91 Å². The molecule has 1 heterocycles. The highest BCUT2D eigenvalue weighted by Gasteiger charge is 2.14. The van der Waals surface area contributed by atoms with E-state index < -0.39 is 0 Å². The summed E-state index contributed by atoms with van der Waals surface area (Å²) < 4.78 is 0. The van der Waals surface area contributed by atoms with E-state index in [1.54, 1.807) is 7.05 Å². The molecular weight excluding hydrogens is 336 g/mol. The minimum absolute atomic E-state index is 0.00463. The third kappa shape index (κ3) is 7.00. The maximum absolute atomic E-state index is 9.70. The second-order valence-corrected chi connectivity index (χ2v) is 6.74. The molecule has 2 aromatic rings. The Morgan fingerprint density at radius 1 is 1.00 bits per heavy atom. The quantitative estimate of drug-likeness (QED) is 0.816. The summed E-state index contributed by atoms with van der Waals surface area (Å²) in [4.78, 5) is 21.7. The van der Waals surface area contributed by atoms with Gasteiger partial charge in [-0.3, -0.25) is 4.79 Å². The van der Waals surface area contributed by atoms with Crippen LogP contribution in [-0.4, -0.2) is 36.0 Å². The van der Waals surface area contributed by atoms with Gasteiger partial charge in [0, 0.05) is 43.9 Å². The number of amides is 1. The van der Waals surface area contributed by atoms with Gasteiger partial charge in [-0.2, -0.15) is 0 Å². The molecule has 0 atom stereocenters. The second kappa shape index (κ2) is 11.3. The Bertz CT molecular complexity index is 720. The molecule has 0 radical (unpaired) electrons. The van der Waals surface area contributed by atoms with Gasteiger partial charge in [-0.05, 0) is 33.6 Å². The molecule has 1 aromatic carbocycles. The third-order valence-corrected chi connectivity index (χ3v) is 4.31. The Morgan fingerprint density at radius 3 is 1.96 bits per heavy atom. The van der Waals surface area contributed by atoms with Crippen molar-refractivity contribution in [1.82, 2.24) is 15.3 Å². The number of anilines is 1. The van der Waals surface area contributed by atoms with Crippen molar-refractivity contribution in [3.05, 3.63) is 41.1 Å². The normalized spacial score (nSPS) is 10.0. The van der Waals surface area contributed by atoms with Gasteiger partial charge in [-0.15, -0.1) is 0 Å². The smallest absolute Gasteiger partial charge is 0.216 e. The fourth-order valence-electron chi connectivity index (χ4n) is 2.62. The number of nitrogens with one attached hydrogen (secondary N) is 1. The van der Waals surface area contributed by atoms with Gasteiger partial charge in [0.2, 0.25) is 5.91 Å². The summed E-state index contributed by atoms with van der Waals surface area (Å²) in [7, 11) is 1.60. The standard InChI is InChI=1S/C19H27N3.C3H7NO/c1-6-12-22(13-7-2)19-15(4)16(5)20-18(21-19)17-10-8-14(3)9-11-17;1-3(5)4-2/h8-11H,6-7,12-13H2,1-5H3;1-2H3,(H,4,5). The first kappa shape index (κ1) is 22.6. The summed E-state index contributed by atoms with van der Waals surface area (Å²) in [5.74, 6) is 1.92. The van der Waals surface area contributed by atoms with Crippen molar-refractivity contribution in [2.75, 3.05) is 25.0 Å². The molecule has 1 amide bonds. The van der Waals surface area contributed by atoms with E-state index in [9.17, 15) is 4.79 Å². The SMILES string of the molecule is CCCN(CCC)c1nc(-c2ccc(C)cc2)nc(C)c1C.CNC(C)=O. The topological polar surface area (TPSA) is 58.1 Å². The third-order valence-electron chi connectivity index (χ3n) is 4.31. The van der Waals surface area contributed by atoms with Crippen LogP contribution in [-0.2, 0) is 4.79 Å². The lowest BCUT2D eigenvalue weighted by atomic mass is 10.1. The number of rotatable bonds is 6. The number of carbonyl (C=O) groups excluding carboxylic acids is 1.